The first-order chi connectivity index (χ1) is 16.2. The lowest BCUT2D eigenvalue weighted by Gasteiger charge is -2.21. The number of benzene rings is 2. The number of aromatic nitrogens is 1. The van der Waals surface area contributed by atoms with Gasteiger partial charge in [-0.2, -0.15) is 0 Å². The second kappa shape index (κ2) is 9.48. The van der Waals surface area contributed by atoms with E-state index in [9.17, 15) is 9.59 Å². The molecule has 0 saturated carbocycles. The molecule has 3 heterocycles. The zero-order valence-electron chi connectivity index (χ0n) is 18.5. The Balaban J connectivity index is 1.39. The minimum absolute atomic E-state index is 0.172. The van der Waals surface area contributed by atoms with Crippen molar-refractivity contribution in [2.24, 2.45) is 0 Å². The molecule has 0 atom stereocenters. The number of hydrogen-bond donors (Lipinski definition) is 1. The second-order valence-electron chi connectivity index (χ2n) is 8.38. The molecule has 3 aromatic rings. The van der Waals surface area contributed by atoms with Gasteiger partial charge in [-0.25, -0.2) is 4.98 Å². The van der Waals surface area contributed by atoms with Gasteiger partial charge in [0.2, 0.25) is 5.91 Å². The smallest absolute Gasteiger partial charge is 0.252 e. The highest BCUT2D eigenvalue weighted by atomic mass is 16.6. The molecule has 7 heteroatoms. The lowest BCUT2D eigenvalue weighted by molar-refractivity contribution is -0.130. The van der Waals surface area contributed by atoms with Crippen LogP contribution in [0.1, 0.15) is 36.0 Å². The minimum Gasteiger partial charge on any atom is -0.486 e. The first-order valence-corrected chi connectivity index (χ1v) is 11.5. The molecule has 170 valence electrons. The molecular formula is C26H27N3O4. The predicted molar refractivity (Wildman–Crippen MR) is 126 cm³/mol. The number of amides is 2. The average Bonchev–Trinajstić information content (AvgIpc) is 3.06. The maximum Gasteiger partial charge on any atom is 0.252 e. The largest absolute Gasteiger partial charge is 0.486 e. The highest BCUT2D eigenvalue weighted by Crippen LogP contribution is 2.35. The molecule has 5 rings (SSSR count). The fourth-order valence-electron chi connectivity index (χ4n) is 4.39. The summed E-state index contributed by atoms with van der Waals surface area (Å²) >= 11 is 0. The van der Waals surface area contributed by atoms with Crippen LogP contribution in [0.3, 0.4) is 0 Å². The van der Waals surface area contributed by atoms with Crippen LogP contribution in [0.15, 0.2) is 48.5 Å². The van der Waals surface area contributed by atoms with E-state index in [1.54, 1.807) is 0 Å². The van der Waals surface area contributed by atoms with Gasteiger partial charge in [0.25, 0.3) is 5.91 Å². The highest BCUT2D eigenvalue weighted by Gasteiger charge is 2.19. The highest BCUT2D eigenvalue weighted by molar-refractivity contribution is 6.07. The van der Waals surface area contributed by atoms with Crippen LogP contribution in [0, 0.1) is 0 Å². The van der Waals surface area contributed by atoms with E-state index in [4.69, 9.17) is 14.5 Å². The second-order valence-corrected chi connectivity index (χ2v) is 8.38. The number of nitrogens with zero attached hydrogens (tertiary/aromatic N) is 2. The summed E-state index contributed by atoms with van der Waals surface area (Å²) in [5.74, 6) is 1.40. The molecule has 1 aromatic heterocycles. The molecule has 0 spiro atoms. The number of likely N-dealkylation sites (tertiary alicyclic amines) is 1. The average molecular weight is 446 g/mol. The standard InChI is InChI=1S/C26H27N3O4/c30-25-8-2-1-5-12-29(25)13-11-27-26(31)20-17-22(28-21-7-4-3-6-19(20)21)18-9-10-23-24(16-18)33-15-14-32-23/h3-4,6-7,9-10,16-17H,1-2,5,8,11-15H2,(H,27,31). The summed E-state index contributed by atoms with van der Waals surface area (Å²) in [6, 6.07) is 15.1. The molecule has 1 N–H and O–H groups in total. The lowest BCUT2D eigenvalue weighted by Crippen LogP contribution is -2.38. The van der Waals surface area contributed by atoms with Crippen LogP contribution in [-0.2, 0) is 4.79 Å². The van der Waals surface area contributed by atoms with Crippen LogP contribution < -0.4 is 14.8 Å². The summed E-state index contributed by atoms with van der Waals surface area (Å²) in [7, 11) is 0. The molecule has 1 saturated heterocycles. The zero-order chi connectivity index (χ0) is 22.6. The molecule has 7 nitrogen and oxygen atoms in total. The summed E-state index contributed by atoms with van der Waals surface area (Å²) in [5, 5.41) is 3.80. The summed E-state index contributed by atoms with van der Waals surface area (Å²) in [6.07, 6.45) is 3.66. The van der Waals surface area contributed by atoms with Gasteiger partial charge in [0.1, 0.15) is 13.2 Å². The Bertz CT molecular complexity index is 1190. The van der Waals surface area contributed by atoms with Crippen molar-refractivity contribution >= 4 is 22.7 Å². The molecular weight excluding hydrogens is 418 g/mol. The van der Waals surface area contributed by atoms with Gasteiger partial charge >= 0.3 is 0 Å². The quantitative estimate of drug-likeness (QED) is 0.646. The maximum absolute atomic E-state index is 13.2. The van der Waals surface area contributed by atoms with Crippen molar-refractivity contribution in [3.05, 3.63) is 54.1 Å². The van der Waals surface area contributed by atoms with Gasteiger partial charge in [-0.05, 0) is 43.2 Å². The lowest BCUT2D eigenvalue weighted by atomic mass is 10.0. The van der Waals surface area contributed by atoms with Crippen LogP contribution in [0.25, 0.3) is 22.2 Å². The number of nitrogens with one attached hydrogen (secondary N) is 1. The Morgan fingerprint density at radius 1 is 1.00 bits per heavy atom. The van der Waals surface area contributed by atoms with E-state index < -0.39 is 0 Å². The van der Waals surface area contributed by atoms with Crippen LogP contribution in [0.2, 0.25) is 0 Å². The summed E-state index contributed by atoms with van der Waals surface area (Å²) in [6.45, 7) is 2.76. The van der Waals surface area contributed by atoms with Crippen LogP contribution in [0.4, 0.5) is 0 Å². The van der Waals surface area contributed by atoms with E-state index >= 15 is 0 Å². The summed E-state index contributed by atoms with van der Waals surface area (Å²) < 4.78 is 11.3. The molecule has 0 bridgehead atoms. The third-order valence-corrected chi connectivity index (χ3v) is 6.14. The van der Waals surface area contributed by atoms with Crippen molar-refractivity contribution in [1.29, 1.82) is 0 Å². The first kappa shape index (κ1) is 21.2. The number of carbonyl (C=O) groups excluding carboxylic acids is 2. The van der Waals surface area contributed by atoms with Gasteiger partial charge in [-0.3, -0.25) is 9.59 Å². The van der Waals surface area contributed by atoms with Gasteiger partial charge in [0, 0.05) is 37.0 Å². The SMILES string of the molecule is O=C(NCCN1CCCCCC1=O)c1cc(-c2ccc3c(c2)OCCO3)nc2ccccc12. The van der Waals surface area contributed by atoms with E-state index in [0.717, 1.165) is 42.3 Å². The fourth-order valence-corrected chi connectivity index (χ4v) is 4.39. The van der Waals surface area contributed by atoms with E-state index in [-0.39, 0.29) is 11.8 Å². The fraction of sp³-hybridized carbons (Fsp3) is 0.346. The zero-order valence-corrected chi connectivity index (χ0v) is 18.5. The van der Waals surface area contributed by atoms with Crippen molar-refractivity contribution in [3.8, 4) is 22.8 Å². The number of carbonyl (C=O) groups is 2. The van der Waals surface area contributed by atoms with E-state index in [0.29, 0.717) is 55.5 Å². The third kappa shape index (κ3) is 4.62. The van der Waals surface area contributed by atoms with Crippen molar-refractivity contribution in [2.75, 3.05) is 32.8 Å². The molecule has 2 aromatic carbocycles. The molecule has 1 fully saturated rings. The number of para-hydroxylation sites is 1. The number of ether oxygens (including phenoxy) is 2. The molecule has 0 unspecified atom stereocenters. The normalized spacial score (nSPS) is 15.9. The monoisotopic (exact) mass is 445 g/mol. The minimum atomic E-state index is -0.172. The van der Waals surface area contributed by atoms with Crippen molar-refractivity contribution in [1.82, 2.24) is 15.2 Å². The van der Waals surface area contributed by atoms with Gasteiger partial charge < -0.3 is 19.7 Å². The van der Waals surface area contributed by atoms with Crippen LogP contribution in [-0.4, -0.2) is 54.5 Å². The number of rotatable bonds is 5. The molecule has 0 radical (unpaired) electrons. The van der Waals surface area contributed by atoms with E-state index in [2.05, 4.69) is 5.32 Å². The third-order valence-electron chi connectivity index (χ3n) is 6.14. The first-order valence-electron chi connectivity index (χ1n) is 11.5. The number of fused-ring (bicyclic) bond motifs is 2. The van der Waals surface area contributed by atoms with Crippen molar-refractivity contribution in [3.63, 3.8) is 0 Å². The summed E-state index contributed by atoms with van der Waals surface area (Å²) in [4.78, 5) is 32.0. The van der Waals surface area contributed by atoms with Gasteiger partial charge in [0.05, 0.1) is 16.8 Å². The van der Waals surface area contributed by atoms with Crippen LogP contribution in [0.5, 0.6) is 11.5 Å². The topological polar surface area (TPSA) is 80.8 Å². The van der Waals surface area contributed by atoms with Crippen molar-refractivity contribution in [2.45, 2.75) is 25.7 Å². The van der Waals surface area contributed by atoms with E-state index in [1.807, 2.05) is 53.4 Å². The van der Waals surface area contributed by atoms with Gasteiger partial charge in [-0.1, -0.05) is 24.6 Å². The Kier molecular flexibility index (Phi) is 6.11. The Hall–Kier alpha value is -3.61. The molecule has 0 aliphatic carbocycles. The Labute approximate surface area is 192 Å². The maximum atomic E-state index is 13.2. The Morgan fingerprint density at radius 3 is 2.76 bits per heavy atom. The number of hydrogen-bond acceptors (Lipinski definition) is 5. The summed E-state index contributed by atoms with van der Waals surface area (Å²) in [5.41, 5.74) is 2.86. The van der Waals surface area contributed by atoms with Gasteiger partial charge in [0.15, 0.2) is 11.5 Å². The molecule has 2 aliphatic heterocycles. The van der Waals surface area contributed by atoms with Gasteiger partial charge in [-0.15, -0.1) is 0 Å². The van der Waals surface area contributed by atoms with Crippen molar-refractivity contribution < 1.29 is 19.1 Å². The molecule has 33 heavy (non-hydrogen) atoms. The molecule has 2 amide bonds. The molecule has 2 aliphatic rings. The van der Waals surface area contributed by atoms with Crippen LogP contribution >= 0.6 is 0 Å². The Morgan fingerprint density at radius 2 is 1.85 bits per heavy atom. The number of pyridine rings is 1. The predicted octanol–water partition coefficient (Wildman–Crippen LogP) is 3.81. The van der Waals surface area contributed by atoms with E-state index in [1.165, 1.54) is 0 Å².